The van der Waals surface area contributed by atoms with E-state index in [1.807, 2.05) is 0 Å². The van der Waals surface area contributed by atoms with Crippen LogP contribution in [0, 0.1) is 11.7 Å². The lowest BCUT2D eigenvalue weighted by Crippen LogP contribution is -2.29. The highest BCUT2D eigenvalue weighted by molar-refractivity contribution is 7.89. The number of benzene rings is 1. The van der Waals surface area contributed by atoms with Gasteiger partial charge in [-0.25, -0.2) is 12.8 Å². The van der Waals surface area contributed by atoms with Gasteiger partial charge in [-0.1, -0.05) is 19.4 Å². The number of nitrogens with two attached hydrogens (primary N) is 1. The van der Waals surface area contributed by atoms with E-state index in [0.717, 1.165) is 19.3 Å². The fourth-order valence-corrected chi connectivity index (χ4v) is 4.26. The van der Waals surface area contributed by atoms with Gasteiger partial charge in [0.1, 0.15) is 10.7 Å². The van der Waals surface area contributed by atoms with Gasteiger partial charge in [0, 0.05) is 19.6 Å². The highest BCUT2D eigenvalue weighted by Gasteiger charge is 2.33. The normalized spacial score (nSPS) is 20.4. The van der Waals surface area contributed by atoms with E-state index < -0.39 is 15.8 Å². The molecule has 20 heavy (non-hydrogen) atoms. The quantitative estimate of drug-likeness (QED) is 0.905. The van der Waals surface area contributed by atoms with E-state index in [4.69, 9.17) is 5.73 Å². The second kappa shape index (κ2) is 6.20. The summed E-state index contributed by atoms with van der Waals surface area (Å²) in [7, 11) is -3.73. The minimum atomic E-state index is -3.73. The molecule has 0 aliphatic carbocycles. The molecule has 112 valence electrons. The van der Waals surface area contributed by atoms with Gasteiger partial charge < -0.3 is 5.73 Å². The molecule has 4 nitrogen and oxygen atoms in total. The van der Waals surface area contributed by atoms with Crippen LogP contribution in [0.1, 0.15) is 31.7 Å². The van der Waals surface area contributed by atoms with Gasteiger partial charge >= 0.3 is 0 Å². The topological polar surface area (TPSA) is 63.4 Å². The molecular formula is C14H21FN2O2S. The summed E-state index contributed by atoms with van der Waals surface area (Å²) >= 11 is 0. The summed E-state index contributed by atoms with van der Waals surface area (Å²) in [5, 5.41) is 0. The van der Waals surface area contributed by atoms with Crippen LogP contribution in [0.25, 0.3) is 0 Å². The first-order valence-corrected chi connectivity index (χ1v) is 8.41. The maximum absolute atomic E-state index is 14.0. The summed E-state index contributed by atoms with van der Waals surface area (Å²) < 4.78 is 40.3. The Bertz CT molecular complexity index is 575. The smallest absolute Gasteiger partial charge is 0.245 e. The maximum atomic E-state index is 14.0. The molecule has 2 N–H and O–H groups in total. The van der Waals surface area contributed by atoms with Crippen molar-refractivity contribution in [3.8, 4) is 0 Å². The van der Waals surface area contributed by atoms with Gasteiger partial charge in [0.05, 0.1) is 0 Å². The molecule has 6 heteroatoms. The number of hydrogen-bond acceptors (Lipinski definition) is 3. The fraction of sp³-hybridized carbons (Fsp3) is 0.571. The predicted octanol–water partition coefficient (Wildman–Crippen LogP) is 2.10. The first-order valence-electron chi connectivity index (χ1n) is 6.97. The van der Waals surface area contributed by atoms with Crippen LogP contribution in [0.3, 0.4) is 0 Å². The Morgan fingerprint density at radius 3 is 2.80 bits per heavy atom. The van der Waals surface area contributed by atoms with Crippen molar-refractivity contribution in [1.82, 2.24) is 4.31 Å². The summed E-state index contributed by atoms with van der Waals surface area (Å²) in [5.41, 5.74) is 6.01. The van der Waals surface area contributed by atoms with Crippen molar-refractivity contribution < 1.29 is 12.8 Å². The Balaban J connectivity index is 2.23. The lowest BCUT2D eigenvalue weighted by atomic mass is 10.0. The minimum Gasteiger partial charge on any atom is -0.326 e. The Morgan fingerprint density at radius 2 is 2.20 bits per heavy atom. The summed E-state index contributed by atoms with van der Waals surface area (Å²) in [6, 6.07) is 4.09. The molecule has 0 saturated carbocycles. The lowest BCUT2D eigenvalue weighted by molar-refractivity contribution is 0.440. The van der Waals surface area contributed by atoms with Crippen molar-refractivity contribution in [3.63, 3.8) is 0 Å². The average Bonchev–Trinajstić information content (AvgIpc) is 2.88. The number of nitrogens with zero attached hydrogens (tertiary/aromatic N) is 1. The second-order valence-corrected chi connectivity index (χ2v) is 7.18. The molecule has 0 spiro atoms. The van der Waals surface area contributed by atoms with Crippen LogP contribution in [0.4, 0.5) is 4.39 Å². The number of sulfonamides is 1. The minimum absolute atomic E-state index is 0.194. The molecule has 1 heterocycles. The Hall–Kier alpha value is -0.980. The van der Waals surface area contributed by atoms with Crippen LogP contribution in [0.2, 0.25) is 0 Å². The molecule has 1 aromatic carbocycles. The van der Waals surface area contributed by atoms with E-state index in [2.05, 4.69) is 6.92 Å². The molecule has 2 rings (SSSR count). The highest BCUT2D eigenvalue weighted by atomic mass is 32.2. The van der Waals surface area contributed by atoms with E-state index in [1.165, 1.54) is 16.4 Å². The van der Waals surface area contributed by atoms with Gasteiger partial charge in [-0.15, -0.1) is 0 Å². The van der Waals surface area contributed by atoms with Crippen molar-refractivity contribution >= 4 is 10.0 Å². The van der Waals surface area contributed by atoms with Crippen LogP contribution >= 0.6 is 0 Å². The van der Waals surface area contributed by atoms with Crippen molar-refractivity contribution in [1.29, 1.82) is 0 Å². The van der Waals surface area contributed by atoms with E-state index >= 15 is 0 Å². The first kappa shape index (κ1) is 15.4. The molecule has 1 fully saturated rings. The zero-order valence-corrected chi connectivity index (χ0v) is 12.5. The van der Waals surface area contributed by atoms with Crippen molar-refractivity contribution in [2.75, 3.05) is 13.1 Å². The summed E-state index contributed by atoms with van der Waals surface area (Å²) in [4.78, 5) is -0.244. The van der Waals surface area contributed by atoms with E-state index in [0.29, 0.717) is 24.6 Å². The fourth-order valence-electron chi connectivity index (χ4n) is 2.68. The van der Waals surface area contributed by atoms with Crippen LogP contribution in [0.15, 0.2) is 23.1 Å². The second-order valence-electron chi connectivity index (χ2n) is 5.28. The van der Waals surface area contributed by atoms with Gasteiger partial charge in [0.25, 0.3) is 0 Å². The maximum Gasteiger partial charge on any atom is 0.245 e. The lowest BCUT2D eigenvalue weighted by Gasteiger charge is -2.17. The zero-order valence-electron chi connectivity index (χ0n) is 11.7. The van der Waals surface area contributed by atoms with E-state index in [9.17, 15) is 12.8 Å². The standard InChI is InChI=1S/C14H21FN2O2S/c1-2-3-11-6-7-17(10-11)20(18,19)14-5-4-12(9-16)8-13(14)15/h4-5,8,11H,2-3,6-7,9-10,16H2,1H3. The van der Waals surface area contributed by atoms with Crippen molar-refractivity contribution in [3.05, 3.63) is 29.6 Å². The van der Waals surface area contributed by atoms with Gasteiger partial charge in [-0.3, -0.25) is 0 Å². The molecule has 1 aliphatic rings. The van der Waals surface area contributed by atoms with Gasteiger partial charge in [-0.05, 0) is 36.5 Å². The largest absolute Gasteiger partial charge is 0.326 e. The van der Waals surface area contributed by atoms with Crippen LogP contribution in [-0.2, 0) is 16.6 Å². The Morgan fingerprint density at radius 1 is 1.45 bits per heavy atom. The highest BCUT2D eigenvalue weighted by Crippen LogP contribution is 2.28. The van der Waals surface area contributed by atoms with Crippen molar-refractivity contribution in [2.24, 2.45) is 11.7 Å². The summed E-state index contributed by atoms with van der Waals surface area (Å²) in [6.07, 6.45) is 2.91. The summed E-state index contributed by atoms with van der Waals surface area (Å²) in [5.74, 6) is -0.326. The molecule has 1 aromatic rings. The Labute approximate surface area is 119 Å². The predicted molar refractivity (Wildman–Crippen MR) is 76.1 cm³/mol. The molecule has 0 bridgehead atoms. The average molecular weight is 300 g/mol. The molecule has 1 unspecified atom stereocenters. The monoisotopic (exact) mass is 300 g/mol. The molecule has 1 atom stereocenters. The van der Waals surface area contributed by atoms with Crippen LogP contribution < -0.4 is 5.73 Å². The van der Waals surface area contributed by atoms with Crippen LogP contribution in [0.5, 0.6) is 0 Å². The van der Waals surface area contributed by atoms with Crippen molar-refractivity contribution in [2.45, 2.75) is 37.6 Å². The van der Waals surface area contributed by atoms with Gasteiger partial charge in [0.2, 0.25) is 10.0 Å². The number of rotatable bonds is 5. The van der Waals surface area contributed by atoms with Crippen LogP contribution in [-0.4, -0.2) is 25.8 Å². The SMILES string of the molecule is CCCC1CCN(S(=O)(=O)c2ccc(CN)cc2F)C1. The zero-order chi connectivity index (χ0) is 14.8. The molecule has 0 amide bonds. The first-order chi connectivity index (χ1) is 9.48. The summed E-state index contributed by atoms with van der Waals surface area (Å²) in [6.45, 7) is 3.25. The molecule has 1 aliphatic heterocycles. The molecular weight excluding hydrogens is 279 g/mol. The van der Waals surface area contributed by atoms with E-state index in [-0.39, 0.29) is 11.4 Å². The number of halogens is 1. The third-order valence-electron chi connectivity index (χ3n) is 3.80. The Kier molecular flexibility index (Phi) is 4.78. The van der Waals surface area contributed by atoms with E-state index in [1.54, 1.807) is 6.07 Å². The molecule has 0 radical (unpaired) electrons. The molecule has 0 aromatic heterocycles. The molecule has 1 saturated heterocycles. The van der Waals surface area contributed by atoms with Gasteiger partial charge in [-0.2, -0.15) is 4.31 Å². The number of hydrogen-bond donors (Lipinski definition) is 1. The third kappa shape index (κ3) is 3.02. The third-order valence-corrected chi connectivity index (χ3v) is 5.69. The van der Waals surface area contributed by atoms with Gasteiger partial charge in [0.15, 0.2) is 0 Å².